The summed E-state index contributed by atoms with van der Waals surface area (Å²) < 4.78 is 7.71. The molecule has 0 N–H and O–H groups in total. The summed E-state index contributed by atoms with van der Waals surface area (Å²) >= 11 is 1.77. The summed E-state index contributed by atoms with van der Waals surface area (Å²) in [6, 6.07) is 42.3. The molecule has 3 heterocycles. The Hall–Kier alpha value is -4.11. The van der Waals surface area contributed by atoms with E-state index in [2.05, 4.69) is 120 Å². The van der Waals surface area contributed by atoms with Gasteiger partial charge in [0, 0.05) is 27.4 Å². The van der Waals surface area contributed by atoms with Crippen LogP contribution in [-0.4, -0.2) is 9.97 Å². The molecular formula is C40H32N2OPtS. The number of fused-ring (bicyclic) bond motifs is 2. The number of hydrogen-bond acceptors (Lipinski definition) is 4. The summed E-state index contributed by atoms with van der Waals surface area (Å²) in [7, 11) is 0. The van der Waals surface area contributed by atoms with Crippen molar-refractivity contribution >= 4 is 32.2 Å². The van der Waals surface area contributed by atoms with Crippen LogP contribution in [0.4, 0.5) is 0 Å². The minimum absolute atomic E-state index is 0. The quantitative estimate of drug-likeness (QED) is 0.163. The van der Waals surface area contributed by atoms with Crippen molar-refractivity contribution in [1.29, 1.82) is 0 Å². The fourth-order valence-corrected chi connectivity index (χ4v) is 6.60. The zero-order valence-electron chi connectivity index (χ0n) is 25.8. The van der Waals surface area contributed by atoms with Crippen LogP contribution < -0.4 is 4.74 Å². The molecule has 0 aliphatic heterocycles. The maximum atomic E-state index is 6.57. The van der Waals surface area contributed by atoms with Gasteiger partial charge in [-0.15, -0.1) is 76.4 Å². The second-order valence-electron chi connectivity index (χ2n) is 12.2. The Morgan fingerprint density at radius 3 is 2.29 bits per heavy atom. The summed E-state index contributed by atoms with van der Waals surface area (Å²) in [5.74, 6) is 1.03. The molecule has 3 aromatic heterocycles. The van der Waals surface area contributed by atoms with Crippen LogP contribution in [0.5, 0.6) is 11.8 Å². The Morgan fingerprint density at radius 2 is 1.49 bits per heavy atom. The van der Waals surface area contributed by atoms with Crippen molar-refractivity contribution in [3.05, 3.63) is 131 Å². The van der Waals surface area contributed by atoms with Crippen LogP contribution in [0.3, 0.4) is 0 Å². The van der Waals surface area contributed by atoms with Gasteiger partial charge in [-0.05, 0) is 47.0 Å². The monoisotopic (exact) mass is 783 g/mol. The fraction of sp³-hybridized carbons (Fsp3) is 0.150. The molecule has 3 nitrogen and oxygen atoms in total. The van der Waals surface area contributed by atoms with Crippen LogP contribution >= 0.6 is 11.3 Å². The van der Waals surface area contributed by atoms with E-state index >= 15 is 0 Å². The van der Waals surface area contributed by atoms with Crippen molar-refractivity contribution in [2.75, 3.05) is 0 Å². The Kier molecular flexibility index (Phi) is 8.48. The summed E-state index contributed by atoms with van der Waals surface area (Å²) in [6.07, 6.45) is 0. The van der Waals surface area contributed by atoms with E-state index < -0.39 is 0 Å². The molecule has 0 atom stereocenters. The van der Waals surface area contributed by atoms with Gasteiger partial charge in [0.1, 0.15) is 0 Å². The predicted molar refractivity (Wildman–Crippen MR) is 184 cm³/mol. The van der Waals surface area contributed by atoms with Crippen molar-refractivity contribution in [2.45, 2.75) is 40.0 Å². The standard InChI is InChI=1S/C40H32N2OS.Pt/c1-25-26(2)44-39-34(25)24-37(42-38(39)32-19-18-28-14-9-10-15-29(28)21-32)43-36-23-33(40(3,4)5)22-35(41-36)31-17-11-16-30(20-31)27-12-7-6-8-13-27;/h6-16,18-20,22-24H,1-5H3;/q-2;+2. The van der Waals surface area contributed by atoms with Crippen LogP contribution in [-0.2, 0) is 26.5 Å². The third kappa shape index (κ3) is 6.23. The molecule has 224 valence electrons. The third-order valence-electron chi connectivity index (χ3n) is 8.11. The first-order valence-corrected chi connectivity index (χ1v) is 15.6. The SMILES string of the molecule is Cc1sc2c(-c3[c-]c4ccccc4cc3)nc(Oc3cc(C(C)(C)C)cc(-c4[c-]ccc(-c5ccccc5)c4)n3)cc2c1C.[Pt+2]. The molecule has 0 saturated heterocycles. The first-order valence-electron chi connectivity index (χ1n) is 14.8. The van der Waals surface area contributed by atoms with Gasteiger partial charge in [0.05, 0.1) is 0 Å². The van der Waals surface area contributed by atoms with Crippen molar-refractivity contribution in [1.82, 2.24) is 9.97 Å². The van der Waals surface area contributed by atoms with Gasteiger partial charge in [-0.25, -0.2) is 0 Å². The van der Waals surface area contributed by atoms with Crippen molar-refractivity contribution < 1.29 is 25.8 Å². The number of nitrogens with zero attached hydrogens (tertiary/aromatic N) is 2. The Bertz CT molecular complexity index is 2160. The molecule has 0 amide bonds. The second-order valence-corrected chi connectivity index (χ2v) is 13.4. The van der Waals surface area contributed by atoms with Gasteiger partial charge >= 0.3 is 21.1 Å². The van der Waals surface area contributed by atoms with Crippen molar-refractivity contribution in [3.63, 3.8) is 0 Å². The third-order valence-corrected chi connectivity index (χ3v) is 9.34. The van der Waals surface area contributed by atoms with Gasteiger partial charge in [-0.2, -0.15) is 0 Å². The van der Waals surface area contributed by atoms with Gasteiger partial charge in [-0.1, -0.05) is 86.3 Å². The molecule has 5 heteroatoms. The number of aromatic nitrogens is 2. The van der Waals surface area contributed by atoms with Crippen LogP contribution in [0.2, 0.25) is 0 Å². The number of thiophene rings is 1. The Morgan fingerprint density at radius 1 is 0.733 bits per heavy atom. The molecule has 0 spiro atoms. The fourth-order valence-electron chi connectivity index (χ4n) is 5.46. The summed E-state index contributed by atoms with van der Waals surface area (Å²) in [5, 5.41) is 3.36. The normalized spacial score (nSPS) is 11.5. The van der Waals surface area contributed by atoms with E-state index in [4.69, 9.17) is 14.7 Å². The Balaban J connectivity index is 0.00000357. The molecule has 0 aliphatic carbocycles. The molecule has 0 unspecified atom stereocenters. The van der Waals surface area contributed by atoms with E-state index in [1.165, 1.54) is 10.4 Å². The van der Waals surface area contributed by atoms with Gasteiger partial charge in [0.2, 0.25) is 11.8 Å². The molecule has 0 fully saturated rings. The van der Waals surface area contributed by atoms with Gasteiger partial charge in [0.25, 0.3) is 0 Å². The molecule has 4 aromatic carbocycles. The largest absolute Gasteiger partial charge is 2.00 e. The van der Waals surface area contributed by atoms with Gasteiger partial charge < -0.3 is 4.74 Å². The first kappa shape index (κ1) is 30.9. The summed E-state index contributed by atoms with van der Waals surface area (Å²) in [6.45, 7) is 10.9. The van der Waals surface area contributed by atoms with Gasteiger partial charge in [-0.3, -0.25) is 9.97 Å². The molecule has 45 heavy (non-hydrogen) atoms. The average Bonchev–Trinajstić information content (AvgIpc) is 3.33. The number of pyridine rings is 2. The maximum absolute atomic E-state index is 6.57. The van der Waals surface area contributed by atoms with Gasteiger partial charge in [0.15, 0.2) is 0 Å². The Labute approximate surface area is 283 Å². The smallest absolute Gasteiger partial charge is 0.422 e. The van der Waals surface area contributed by atoms with Crippen LogP contribution in [0.15, 0.2) is 103 Å². The molecule has 0 aliphatic rings. The average molecular weight is 784 g/mol. The molecule has 7 rings (SSSR count). The molecular weight excluding hydrogens is 752 g/mol. The maximum Gasteiger partial charge on any atom is 2.00 e. The van der Waals surface area contributed by atoms with E-state index in [0.29, 0.717) is 11.8 Å². The number of hydrogen-bond donors (Lipinski definition) is 0. The van der Waals surface area contributed by atoms with Crippen LogP contribution in [0, 0.1) is 26.0 Å². The minimum atomic E-state index is -0.115. The summed E-state index contributed by atoms with van der Waals surface area (Å²) in [5.41, 5.74) is 8.09. The zero-order valence-corrected chi connectivity index (χ0v) is 28.9. The topological polar surface area (TPSA) is 35.0 Å². The number of ether oxygens (including phenoxy) is 1. The molecule has 0 bridgehead atoms. The van der Waals surface area contributed by atoms with E-state index in [1.54, 1.807) is 11.3 Å². The first-order chi connectivity index (χ1) is 21.2. The minimum Gasteiger partial charge on any atom is -0.422 e. The van der Waals surface area contributed by atoms with E-state index in [0.717, 1.165) is 60.1 Å². The number of rotatable bonds is 5. The number of aryl methyl sites for hydroxylation is 2. The predicted octanol–water partition coefficient (Wildman–Crippen LogP) is 11.2. The molecule has 0 saturated carbocycles. The van der Waals surface area contributed by atoms with Crippen LogP contribution in [0.25, 0.3) is 54.5 Å². The molecule has 0 radical (unpaired) electrons. The van der Waals surface area contributed by atoms with E-state index in [1.807, 2.05) is 30.3 Å². The van der Waals surface area contributed by atoms with Crippen molar-refractivity contribution in [3.8, 4) is 45.4 Å². The van der Waals surface area contributed by atoms with Crippen LogP contribution in [0.1, 0.15) is 36.8 Å². The summed E-state index contributed by atoms with van der Waals surface area (Å²) in [4.78, 5) is 11.4. The van der Waals surface area contributed by atoms with E-state index in [9.17, 15) is 0 Å². The van der Waals surface area contributed by atoms with Crippen molar-refractivity contribution in [2.24, 2.45) is 0 Å². The van der Waals surface area contributed by atoms with E-state index in [-0.39, 0.29) is 26.5 Å². The zero-order chi connectivity index (χ0) is 30.4. The molecule has 7 aromatic rings. The second kappa shape index (κ2) is 12.4. The number of benzene rings is 4.